The molecule has 0 heterocycles. The number of nitrogens with two attached hydrogens (primary N) is 1. The molecule has 0 bridgehead atoms. The quantitative estimate of drug-likeness (QED) is 0.537. The highest BCUT2D eigenvalue weighted by Crippen LogP contribution is 2.22. The Bertz CT molecular complexity index is 485. The smallest absolute Gasteiger partial charge is 0.237 e. The van der Waals surface area contributed by atoms with E-state index in [0.717, 1.165) is 29.1 Å². The van der Waals surface area contributed by atoms with Gasteiger partial charge in [-0.3, -0.25) is 4.79 Å². The van der Waals surface area contributed by atoms with Crippen molar-refractivity contribution in [3.05, 3.63) is 29.3 Å². The molecule has 1 unspecified atom stereocenters. The molecule has 0 saturated heterocycles. The van der Waals surface area contributed by atoms with Crippen molar-refractivity contribution in [1.82, 2.24) is 5.32 Å². The van der Waals surface area contributed by atoms with Crippen molar-refractivity contribution in [2.24, 2.45) is 5.73 Å². The Balaban J connectivity index is -0.00000161. The predicted octanol–water partition coefficient (Wildman–Crippen LogP) is -0.679. The summed E-state index contributed by atoms with van der Waals surface area (Å²) in [7, 11) is 0.316. The van der Waals surface area contributed by atoms with Crippen LogP contribution in [0.4, 0.5) is 0 Å². The lowest BCUT2D eigenvalue weighted by atomic mass is 10.1. The SMILES string of the molecule is Cc1cccc(C)c1OCC(C)NC(=O)[C@@H](N)CC[S+](C)C.Cl.S.[Cl-]. The van der Waals surface area contributed by atoms with Crippen molar-refractivity contribution in [3.8, 4) is 5.75 Å². The first-order valence-corrected chi connectivity index (χ1v) is 9.81. The minimum Gasteiger partial charge on any atom is -1.00 e. The van der Waals surface area contributed by atoms with Crippen LogP contribution in [-0.4, -0.2) is 42.9 Å². The number of carbonyl (C=O) groups excluding carboxylic acids is 1. The molecule has 1 amide bonds. The highest BCUT2D eigenvalue weighted by molar-refractivity contribution is 7.95. The number of ether oxygens (including phenoxy) is 1. The van der Waals surface area contributed by atoms with Crippen LogP contribution in [0.3, 0.4) is 0 Å². The van der Waals surface area contributed by atoms with E-state index in [1.807, 2.05) is 39.0 Å². The van der Waals surface area contributed by atoms with Crippen molar-refractivity contribution in [3.63, 3.8) is 0 Å². The van der Waals surface area contributed by atoms with Gasteiger partial charge in [-0.25, -0.2) is 0 Å². The van der Waals surface area contributed by atoms with Crippen LogP contribution in [0.5, 0.6) is 5.75 Å². The second kappa shape index (κ2) is 14.9. The van der Waals surface area contributed by atoms with Gasteiger partial charge in [0.1, 0.15) is 18.1 Å². The molecule has 25 heavy (non-hydrogen) atoms. The number of nitrogens with one attached hydrogen (secondary N) is 1. The van der Waals surface area contributed by atoms with E-state index in [2.05, 4.69) is 17.8 Å². The molecule has 1 aromatic rings. The molecule has 3 N–H and O–H groups in total. The fourth-order valence-electron chi connectivity index (χ4n) is 2.12. The molecule has 148 valence electrons. The Morgan fingerprint density at radius 3 is 2.28 bits per heavy atom. The monoisotopic (exact) mass is 430 g/mol. The van der Waals surface area contributed by atoms with Crippen LogP contribution in [0.15, 0.2) is 18.2 Å². The highest BCUT2D eigenvalue weighted by Gasteiger charge is 2.18. The second-order valence-corrected chi connectivity index (χ2v) is 8.41. The average molecular weight is 431 g/mol. The molecule has 0 spiro atoms. The van der Waals surface area contributed by atoms with E-state index >= 15 is 0 Å². The summed E-state index contributed by atoms with van der Waals surface area (Å²) in [5, 5.41) is 2.93. The Morgan fingerprint density at radius 2 is 1.80 bits per heavy atom. The first-order chi connectivity index (χ1) is 10.3. The van der Waals surface area contributed by atoms with Crippen molar-refractivity contribution < 1.29 is 21.9 Å². The van der Waals surface area contributed by atoms with Gasteiger partial charge in [-0.05, 0) is 42.8 Å². The van der Waals surface area contributed by atoms with E-state index in [9.17, 15) is 4.79 Å². The number of rotatable bonds is 8. The average Bonchev–Trinajstić information content (AvgIpc) is 2.44. The first kappa shape index (κ1) is 29.5. The van der Waals surface area contributed by atoms with Gasteiger partial charge in [0, 0.05) is 6.42 Å². The minimum atomic E-state index is -0.433. The summed E-state index contributed by atoms with van der Waals surface area (Å²) in [6.45, 7) is 6.42. The van der Waals surface area contributed by atoms with Crippen LogP contribution in [0.1, 0.15) is 24.5 Å². The molecule has 1 aromatic carbocycles. The maximum absolute atomic E-state index is 12.0. The summed E-state index contributed by atoms with van der Waals surface area (Å²) in [5.74, 6) is 1.79. The highest BCUT2D eigenvalue weighted by atomic mass is 35.5. The third-order valence-corrected chi connectivity index (χ3v) is 4.50. The van der Waals surface area contributed by atoms with Crippen molar-refractivity contribution >= 4 is 42.7 Å². The maximum Gasteiger partial charge on any atom is 0.237 e. The molecule has 0 saturated carbocycles. The van der Waals surface area contributed by atoms with Gasteiger partial charge in [0.2, 0.25) is 5.91 Å². The van der Waals surface area contributed by atoms with Crippen LogP contribution >= 0.6 is 25.9 Å². The molecule has 0 aliphatic carbocycles. The Kier molecular flexibility index (Phi) is 17.5. The van der Waals surface area contributed by atoms with Crippen LogP contribution < -0.4 is 28.2 Å². The summed E-state index contributed by atoms with van der Waals surface area (Å²) in [6.07, 6.45) is 5.05. The van der Waals surface area contributed by atoms with Crippen LogP contribution in [0.2, 0.25) is 0 Å². The van der Waals surface area contributed by atoms with Gasteiger partial charge >= 0.3 is 0 Å². The number of aryl methyl sites for hydroxylation is 2. The Labute approximate surface area is 174 Å². The summed E-state index contributed by atoms with van der Waals surface area (Å²) in [5.41, 5.74) is 8.13. The van der Waals surface area contributed by atoms with Gasteiger partial charge in [0.25, 0.3) is 0 Å². The zero-order chi connectivity index (χ0) is 16.7. The van der Waals surface area contributed by atoms with E-state index in [0.29, 0.717) is 17.5 Å². The molecule has 0 aliphatic heterocycles. The lowest BCUT2D eigenvalue weighted by Gasteiger charge is -2.19. The molecule has 2 atom stereocenters. The number of halogens is 2. The number of benzene rings is 1. The first-order valence-electron chi connectivity index (χ1n) is 7.60. The van der Waals surface area contributed by atoms with E-state index < -0.39 is 6.04 Å². The van der Waals surface area contributed by atoms with Gasteiger partial charge in [0.05, 0.1) is 24.6 Å². The third kappa shape index (κ3) is 11.1. The summed E-state index contributed by atoms with van der Waals surface area (Å²) in [4.78, 5) is 12.0. The lowest BCUT2D eigenvalue weighted by molar-refractivity contribution is -0.123. The van der Waals surface area contributed by atoms with E-state index in [1.165, 1.54) is 0 Å². The zero-order valence-electron chi connectivity index (χ0n) is 15.6. The number of para-hydroxylation sites is 1. The van der Waals surface area contributed by atoms with Gasteiger partial charge < -0.3 is 28.2 Å². The summed E-state index contributed by atoms with van der Waals surface area (Å²) >= 11 is 0. The van der Waals surface area contributed by atoms with Crippen molar-refractivity contribution in [2.75, 3.05) is 24.9 Å². The zero-order valence-corrected chi connectivity index (χ0v) is 19.0. The number of amides is 1. The van der Waals surface area contributed by atoms with Crippen LogP contribution in [0.25, 0.3) is 0 Å². The molecule has 0 aromatic heterocycles. The Hall–Kier alpha value is -0.270. The predicted molar refractivity (Wildman–Crippen MR) is 113 cm³/mol. The number of carbonyl (C=O) groups is 1. The van der Waals surface area contributed by atoms with Gasteiger partial charge in [0.15, 0.2) is 0 Å². The normalized spacial score (nSPS) is 12.1. The van der Waals surface area contributed by atoms with Gasteiger partial charge in [-0.15, -0.1) is 12.4 Å². The molecule has 0 radical (unpaired) electrons. The van der Waals surface area contributed by atoms with E-state index in [-0.39, 0.29) is 50.3 Å². The molecule has 0 fully saturated rings. The number of hydrogen-bond acceptors (Lipinski definition) is 3. The lowest BCUT2D eigenvalue weighted by Crippen LogP contribution is -3.00. The van der Waals surface area contributed by atoms with Crippen molar-refractivity contribution in [2.45, 2.75) is 39.3 Å². The third-order valence-electron chi connectivity index (χ3n) is 3.45. The van der Waals surface area contributed by atoms with E-state index in [4.69, 9.17) is 10.5 Å². The Morgan fingerprint density at radius 1 is 1.28 bits per heavy atom. The molecule has 0 aliphatic rings. The summed E-state index contributed by atoms with van der Waals surface area (Å²) in [6, 6.07) is 5.55. The fraction of sp³-hybridized carbons (Fsp3) is 0.588. The number of hydrogen-bond donors (Lipinski definition) is 2. The van der Waals surface area contributed by atoms with Crippen LogP contribution in [-0.2, 0) is 15.7 Å². The molecule has 8 heteroatoms. The molecule has 1 rings (SSSR count). The molecule has 4 nitrogen and oxygen atoms in total. The van der Waals surface area contributed by atoms with Gasteiger partial charge in [-0.1, -0.05) is 18.2 Å². The summed E-state index contributed by atoms with van der Waals surface area (Å²) < 4.78 is 5.85. The maximum atomic E-state index is 12.0. The molecular formula is C17H32Cl2N2O2S2. The van der Waals surface area contributed by atoms with E-state index in [1.54, 1.807) is 0 Å². The fourth-order valence-corrected chi connectivity index (χ4v) is 2.85. The minimum absolute atomic E-state index is 0. The second-order valence-electron chi connectivity index (χ2n) is 6.03. The van der Waals surface area contributed by atoms with Gasteiger partial charge in [-0.2, -0.15) is 13.5 Å². The van der Waals surface area contributed by atoms with Crippen LogP contribution in [0, 0.1) is 13.8 Å². The standard InChI is InChI=1S/C17H28N2O2S.2ClH.H2S/c1-12-7-6-8-13(2)16(12)21-11-14(3)19-17(20)15(18)9-10-22(4)5;;;/h6-8,14-15H,9-11,18H2,1-5H3;2*1H;1H2/t14?,15-;;;/m0.../s1. The largest absolute Gasteiger partial charge is 1.00 e. The topological polar surface area (TPSA) is 64.3 Å². The molecular weight excluding hydrogens is 399 g/mol. The van der Waals surface area contributed by atoms with Crippen molar-refractivity contribution in [1.29, 1.82) is 0 Å².